The largest absolute Gasteiger partial charge is 0.366 e. The van der Waals surface area contributed by atoms with Crippen LogP contribution in [0.4, 0.5) is 17.1 Å². The lowest BCUT2D eigenvalue weighted by Crippen LogP contribution is -2.50. The van der Waals surface area contributed by atoms with Crippen LogP contribution >= 0.6 is 0 Å². The predicted octanol–water partition coefficient (Wildman–Crippen LogP) is 3.69. The van der Waals surface area contributed by atoms with Crippen molar-refractivity contribution < 1.29 is 19.3 Å². The second-order valence-electron chi connectivity index (χ2n) is 11.4. The molecule has 0 bridgehead atoms. The van der Waals surface area contributed by atoms with Crippen LogP contribution in [-0.2, 0) is 4.79 Å². The van der Waals surface area contributed by atoms with Crippen molar-refractivity contribution in [1.82, 2.24) is 10.2 Å². The van der Waals surface area contributed by atoms with E-state index in [-0.39, 0.29) is 41.1 Å². The van der Waals surface area contributed by atoms with Crippen LogP contribution in [-0.4, -0.2) is 65.8 Å². The molecule has 0 radical (unpaired) electrons. The number of anilines is 2. The van der Waals surface area contributed by atoms with E-state index in [9.17, 15) is 24.5 Å². The van der Waals surface area contributed by atoms with E-state index in [4.69, 9.17) is 5.73 Å². The van der Waals surface area contributed by atoms with Crippen LogP contribution in [0.2, 0.25) is 0 Å². The Morgan fingerprint density at radius 1 is 0.829 bits per heavy atom. The van der Waals surface area contributed by atoms with E-state index in [2.05, 4.69) is 15.5 Å². The van der Waals surface area contributed by atoms with Gasteiger partial charge in [-0.3, -0.25) is 24.5 Å². The molecular weight excluding hydrogens is 524 g/mol. The van der Waals surface area contributed by atoms with E-state index in [0.717, 1.165) is 57.1 Å². The fraction of sp³-hybridized carbons (Fsp3) is 0.500. The third-order valence-corrected chi connectivity index (χ3v) is 8.59. The van der Waals surface area contributed by atoms with Crippen molar-refractivity contribution in [2.45, 2.75) is 63.5 Å². The number of nitrogens with one attached hydrogen (secondary N) is 2. The zero-order valence-electron chi connectivity index (χ0n) is 23.2. The molecule has 4 N–H and O–H groups in total. The topological polar surface area (TPSA) is 151 Å². The molecule has 41 heavy (non-hydrogen) atoms. The van der Waals surface area contributed by atoms with Gasteiger partial charge in [0, 0.05) is 67.4 Å². The van der Waals surface area contributed by atoms with Gasteiger partial charge in [0.25, 0.3) is 17.5 Å². The van der Waals surface area contributed by atoms with Crippen LogP contribution in [0.3, 0.4) is 0 Å². The van der Waals surface area contributed by atoms with Crippen molar-refractivity contribution in [3.8, 4) is 0 Å². The Bertz CT molecular complexity index is 1280. The normalized spacial score (nSPS) is 21.4. The molecule has 3 aliphatic rings. The van der Waals surface area contributed by atoms with Gasteiger partial charge >= 0.3 is 0 Å². The van der Waals surface area contributed by atoms with Crippen LogP contribution in [0, 0.1) is 16.0 Å². The van der Waals surface area contributed by atoms with Crippen molar-refractivity contribution >= 4 is 34.8 Å². The Morgan fingerprint density at radius 3 is 2.10 bits per heavy atom. The van der Waals surface area contributed by atoms with Crippen LogP contribution < -0.4 is 21.3 Å². The molecule has 5 rings (SSSR count). The number of piperazine rings is 1. The van der Waals surface area contributed by atoms with E-state index in [1.165, 1.54) is 24.3 Å². The van der Waals surface area contributed by atoms with E-state index in [1.807, 2.05) is 11.0 Å². The smallest absolute Gasteiger partial charge is 0.269 e. The van der Waals surface area contributed by atoms with Crippen molar-refractivity contribution in [2.24, 2.45) is 11.7 Å². The van der Waals surface area contributed by atoms with Gasteiger partial charge in [0.1, 0.15) is 0 Å². The van der Waals surface area contributed by atoms with Gasteiger partial charge in [-0.25, -0.2) is 0 Å². The molecular formula is C30H38N6O5. The zero-order valence-corrected chi connectivity index (χ0v) is 23.2. The molecule has 2 aromatic rings. The number of carbonyl (C=O) groups excluding carboxylic acids is 3. The molecule has 1 saturated heterocycles. The Balaban J connectivity index is 1.33. The third-order valence-electron chi connectivity index (χ3n) is 8.59. The Hall–Kier alpha value is -3.99. The molecule has 0 atom stereocenters. The molecule has 1 heterocycles. The minimum atomic E-state index is -0.515. The van der Waals surface area contributed by atoms with E-state index >= 15 is 0 Å². The monoisotopic (exact) mass is 562 g/mol. The highest BCUT2D eigenvalue weighted by Gasteiger charge is 2.30. The summed E-state index contributed by atoms with van der Waals surface area (Å²) in [5.41, 5.74) is 7.83. The van der Waals surface area contributed by atoms with Gasteiger partial charge in [-0.2, -0.15) is 0 Å². The number of amides is 3. The average molecular weight is 563 g/mol. The van der Waals surface area contributed by atoms with Crippen molar-refractivity contribution in [3.05, 3.63) is 63.7 Å². The van der Waals surface area contributed by atoms with Gasteiger partial charge < -0.3 is 26.2 Å². The minimum Gasteiger partial charge on any atom is -0.366 e. The molecule has 0 spiro atoms. The average Bonchev–Trinajstić information content (AvgIpc) is 3.53. The van der Waals surface area contributed by atoms with Gasteiger partial charge in [-0.1, -0.05) is 12.8 Å². The lowest BCUT2D eigenvalue weighted by atomic mass is 9.91. The first kappa shape index (κ1) is 28.5. The number of benzene rings is 2. The number of hydrogen-bond donors (Lipinski definition) is 3. The summed E-state index contributed by atoms with van der Waals surface area (Å²) in [6.07, 6.45) is 7.57. The summed E-state index contributed by atoms with van der Waals surface area (Å²) in [7, 11) is 0. The lowest BCUT2D eigenvalue weighted by molar-refractivity contribution is -0.384. The molecule has 218 valence electrons. The zero-order chi connectivity index (χ0) is 28.9. The molecule has 3 amide bonds. The molecule has 2 aromatic carbocycles. The molecule has 11 heteroatoms. The Labute approximate surface area is 239 Å². The van der Waals surface area contributed by atoms with Gasteiger partial charge in [-0.15, -0.1) is 0 Å². The van der Waals surface area contributed by atoms with Gasteiger partial charge in [0.05, 0.1) is 16.3 Å². The number of nitrogens with zero attached hydrogens (tertiary/aromatic N) is 3. The fourth-order valence-electron chi connectivity index (χ4n) is 6.11. The number of nitro benzene ring substituents is 1. The van der Waals surface area contributed by atoms with Crippen LogP contribution in [0.1, 0.15) is 72.1 Å². The summed E-state index contributed by atoms with van der Waals surface area (Å²) in [5, 5.41) is 17.1. The van der Waals surface area contributed by atoms with Gasteiger partial charge in [0.2, 0.25) is 5.91 Å². The fourth-order valence-corrected chi connectivity index (χ4v) is 6.11. The molecule has 2 saturated carbocycles. The quantitative estimate of drug-likeness (QED) is 0.344. The molecule has 0 aromatic heterocycles. The molecule has 3 fully saturated rings. The first-order valence-corrected chi connectivity index (χ1v) is 14.6. The molecule has 11 nitrogen and oxygen atoms in total. The first-order valence-electron chi connectivity index (χ1n) is 14.6. The summed E-state index contributed by atoms with van der Waals surface area (Å²) in [4.78, 5) is 53.8. The predicted molar refractivity (Wildman–Crippen MR) is 156 cm³/mol. The van der Waals surface area contributed by atoms with Crippen LogP contribution in [0.5, 0.6) is 0 Å². The van der Waals surface area contributed by atoms with E-state index in [0.29, 0.717) is 37.4 Å². The standard InChI is InChI=1S/C30H38N6O5/c31-23-8-10-24(11-9-23)32-29(38)22-7-14-27(34-15-17-35(18-16-34)30(39)21-3-1-2-4-21)26(19-22)33-28(37)20-5-12-25(13-6-20)36(40)41/h5-7,12-14,19,21,23-24H,1-4,8-11,15-18,31H2,(H,32,38)(H,33,37). The van der Waals surface area contributed by atoms with Gasteiger partial charge in [-0.05, 0) is 68.9 Å². The van der Waals surface area contributed by atoms with Crippen molar-refractivity contribution in [2.75, 3.05) is 36.4 Å². The molecule has 0 unspecified atom stereocenters. The van der Waals surface area contributed by atoms with Crippen LogP contribution in [0.25, 0.3) is 0 Å². The Morgan fingerprint density at radius 2 is 1.46 bits per heavy atom. The maximum absolute atomic E-state index is 13.2. The lowest BCUT2D eigenvalue weighted by Gasteiger charge is -2.38. The maximum atomic E-state index is 13.2. The minimum absolute atomic E-state index is 0.0607. The SMILES string of the molecule is NC1CCC(NC(=O)c2ccc(N3CCN(C(=O)C4CCCC4)CC3)c(NC(=O)c3ccc([N+](=O)[O-])cc3)c2)CC1. The highest BCUT2D eigenvalue weighted by Crippen LogP contribution is 2.31. The number of nitrogens with two attached hydrogens (primary N) is 1. The number of nitro groups is 1. The maximum Gasteiger partial charge on any atom is 0.269 e. The second kappa shape index (κ2) is 12.7. The second-order valence-corrected chi connectivity index (χ2v) is 11.4. The summed E-state index contributed by atoms with van der Waals surface area (Å²) in [6.45, 7) is 2.40. The molecule has 1 aliphatic heterocycles. The highest BCUT2D eigenvalue weighted by molar-refractivity contribution is 6.07. The molecule has 2 aliphatic carbocycles. The van der Waals surface area contributed by atoms with E-state index in [1.54, 1.807) is 12.1 Å². The first-order chi connectivity index (χ1) is 19.8. The third kappa shape index (κ3) is 6.84. The van der Waals surface area contributed by atoms with Crippen LogP contribution in [0.15, 0.2) is 42.5 Å². The number of non-ortho nitro benzene ring substituents is 1. The van der Waals surface area contributed by atoms with Crippen molar-refractivity contribution in [3.63, 3.8) is 0 Å². The van der Waals surface area contributed by atoms with Crippen molar-refractivity contribution in [1.29, 1.82) is 0 Å². The number of carbonyl (C=O) groups is 3. The Kier molecular flexibility index (Phi) is 8.82. The summed E-state index contributed by atoms with van der Waals surface area (Å²) in [5.74, 6) is -0.273. The number of hydrogen-bond acceptors (Lipinski definition) is 7. The van der Waals surface area contributed by atoms with Gasteiger partial charge in [0.15, 0.2) is 0 Å². The number of rotatable bonds is 7. The highest BCUT2D eigenvalue weighted by atomic mass is 16.6. The summed E-state index contributed by atoms with van der Waals surface area (Å²) < 4.78 is 0. The summed E-state index contributed by atoms with van der Waals surface area (Å²) in [6, 6.07) is 10.9. The van der Waals surface area contributed by atoms with E-state index < -0.39 is 10.8 Å². The summed E-state index contributed by atoms with van der Waals surface area (Å²) >= 11 is 0.